The maximum Gasteiger partial charge on any atom is 0.187 e. The fraction of sp³-hybridized carbons (Fsp3) is 0.250. The van der Waals surface area contributed by atoms with Crippen molar-refractivity contribution in [3.05, 3.63) is 41.6 Å². The highest BCUT2D eigenvalue weighted by Gasteiger charge is 2.17. The minimum Gasteiger partial charge on any atom is -0.389 e. The number of benzene rings is 1. The lowest BCUT2D eigenvalue weighted by Gasteiger charge is -2.28. The van der Waals surface area contributed by atoms with Crippen LogP contribution < -0.4 is 10.6 Å². The number of hydrogen-bond acceptors (Lipinski definition) is 4. The maximum absolute atomic E-state index is 5.71. The summed E-state index contributed by atoms with van der Waals surface area (Å²) in [6, 6.07) is 8.61. The minimum absolute atomic E-state index is 0.786. The molecule has 0 unspecified atom stereocenters. The van der Waals surface area contributed by atoms with Crippen molar-refractivity contribution < 1.29 is 0 Å². The van der Waals surface area contributed by atoms with Gasteiger partial charge in [0.2, 0.25) is 0 Å². The van der Waals surface area contributed by atoms with Gasteiger partial charge in [-0.3, -0.25) is 0 Å². The Kier molecular flexibility index (Phi) is 2.29. The molecule has 0 atom stereocenters. The summed E-state index contributed by atoms with van der Waals surface area (Å²) in [4.78, 5) is 6.63. The van der Waals surface area contributed by atoms with E-state index in [2.05, 4.69) is 34.1 Å². The van der Waals surface area contributed by atoms with Gasteiger partial charge in [-0.2, -0.15) is 0 Å². The number of nitrogen functional groups attached to an aromatic ring is 1. The Morgan fingerprint density at radius 3 is 2.81 bits per heavy atom. The third kappa shape index (κ3) is 1.65. The van der Waals surface area contributed by atoms with Crippen LogP contribution >= 0.6 is 11.3 Å². The molecule has 4 heteroatoms. The Hall–Kier alpha value is -1.55. The van der Waals surface area contributed by atoms with E-state index in [4.69, 9.17) is 5.73 Å². The van der Waals surface area contributed by atoms with E-state index in [1.54, 1.807) is 17.5 Å². The van der Waals surface area contributed by atoms with Gasteiger partial charge in [-0.15, -0.1) is 0 Å². The first-order valence-corrected chi connectivity index (χ1v) is 6.17. The molecule has 0 saturated carbocycles. The van der Waals surface area contributed by atoms with Crippen molar-refractivity contribution in [3.63, 3.8) is 0 Å². The molecule has 0 amide bonds. The summed E-state index contributed by atoms with van der Waals surface area (Å²) in [5.41, 5.74) is 8.58. The molecule has 16 heavy (non-hydrogen) atoms. The number of nitrogens with two attached hydrogens (primary N) is 1. The van der Waals surface area contributed by atoms with Crippen molar-refractivity contribution in [1.82, 2.24) is 4.98 Å². The Bertz CT molecular complexity index is 506. The molecular formula is C12H13N3S. The van der Waals surface area contributed by atoms with E-state index < -0.39 is 0 Å². The first-order valence-electron chi connectivity index (χ1n) is 5.36. The SMILES string of the molecule is Nc1cnc(N2CCc3ccccc3C2)s1. The molecule has 1 aromatic carbocycles. The van der Waals surface area contributed by atoms with Crippen LogP contribution in [0.3, 0.4) is 0 Å². The van der Waals surface area contributed by atoms with Gasteiger partial charge in [0.25, 0.3) is 0 Å². The molecular weight excluding hydrogens is 218 g/mol. The topological polar surface area (TPSA) is 42.1 Å². The molecule has 3 nitrogen and oxygen atoms in total. The fourth-order valence-corrected chi connectivity index (χ4v) is 2.79. The zero-order chi connectivity index (χ0) is 11.0. The first kappa shape index (κ1) is 9.66. The largest absolute Gasteiger partial charge is 0.389 e. The number of hydrogen-bond donors (Lipinski definition) is 1. The summed E-state index contributed by atoms with van der Waals surface area (Å²) in [6.45, 7) is 1.98. The number of thiazole rings is 1. The Morgan fingerprint density at radius 2 is 2.06 bits per heavy atom. The average Bonchev–Trinajstić information content (AvgIpc) is 2.75. The van der Waals surface area contributed by atoms with Crippen LogP contribution in [0.15, 0.2) is 30.5 Å². The molecule has 0 fully saturated rings. The average molecular weight is 231 g/mol. The van der Waals surface area contributed by atoms with Crippen LogP contribution in [0.2, 0.25) is 0 Å². The maximum atomic E-state index is 5.71. The third-order valence-electron chi connectivity index (χ3n) is 2.91. The second-order valence-electron chi connectivity index (χ2n) is 3.99. The molecule has 1 aromatic heterocycles. The Morgan fingerprint density at radius 1 is 1.25 bits per heavy atom. The third-order valence-corrected chi connectivity index (χ3v) is 3.80. The van der Waals surface area contributed by atoms with Crippen LogP contribution in [-0.4, -0.2) is 11.5 Å². The summed E-state index contributed by atoms with van der Waals surface area (Å²) >= 11 is 1.56. The van der Waals surface area contributed by atoms with Crippen LogP contribution in [0, 0.1) is 0 Å². The van der Waals surface area contributed by atoms with Crippen LogP contribution in [-0.2, 0) is 13.0 Å². The van der Waals surface area contributed by atoms with E-state index >= 15 is 0 Å². The van der Waals surface area contributed by atoms with Gasteiger partial charge in [-0.25, -0.2) is 4.98 Å². The number of nitrogens with zero attached hydrogens (tertiary/aromatic N) is 2. The van der Waals surface area contributed by atoms with Crippen LogP contribution in [0.25, 0.3) is 0 Å². The van der Waals surface area contributed by atoms with Gasteiger partial charge in [-0.05, 0) is 17.5 Å². The highest BCUT2D eigenvalue weighted by Crippen LogP contribution is 2.28. The van der Waals surface area contributed by atoms with Gasteiger partial charge < -0.3 is 10.6 Å². The summed E-state index contributed by atoms with van der Waals surface area (Å²) in [5, 5.41) is 1.82. The summed E-state index contributed by atoms with van der Waals surface area (Å²) in [5.74, 6) is 0. The zero-order valence-electron chi connectivity index (χ0n) is 8.89. The quantitative estimate of drug-likeness (QED) is 0.818. The van der Waals surface area contributed by atoms with Crippen molar-refractivity contribution in [3.8, 4) is 0 Å². The molecule has 3 rings (SSSR count). The number of aromatic nitrogens is 1. The summed E-state index contributed by atoms with van der Waals surface area (Å²) < 4.78 is 0. The smallest absolute Gasteiger partial charge is 0.187 e. The van der Waals surface area contributed by atoms with Gasteiger partial charge in [0, 0.05) is 13.1 Å². The number of fused-ring (bicyclic) bond motifs is 1. The van der Waals surface area contributed by atoms with Crippen molar-refractivity contribution >= 4 is 21.5 Å². The molecule has 0 bridgehead atoms. The van der Waals surface area contributed by atoms with E-state index in [9.17, 15) is 0 Å². The molecule has 0 radical (unpaired) electrons. The highest BCUT2D eigenvalue weighted by atomic mass is 32.1. The van der Waals surface area contributed by atoms with Gasteiger partial charge >= 0.3 is 0 Å². The summed E-state index contributed by atoms with van der Waals surface area (Å²) in [6.07, 6.45) is 2.83. The van der Waals surface area contributed by atoms with Crippen molar-refractivity contribution in [1.29, 1.82) is 0 Å². The molecule has 0 spiro atoms. The molecule has 0 aliphatic carbocycles. The van der Waals surface area contributed by atoms with Gasteiger partial charge in [0.15, 0.2) is 5.13 Å². The standard InChI is InChI=1S/C12H13N3S/c13-11-7-14-12(16-11)15-6-5-9-3-1-2-4-10(9)8-15/h1-4,7H,5-6,8,13H2. The predicted molar refractivity (Wildman–Crippen MR) is 67.7 cm³/mol. The van der Waals surface area contributed by atoms with E-state index in [1.807, 2.05) is 0 Å². The van der Waals surface area contributed by atoms with Crippen LogP contribution in [0.5, 0.6) is 0 Å². The Labute approximate surface area is 98.5 Å². The second-order valence-corrected chi connectivity index (χ2v) is 5.03. The van der Waals surface area contributed by atoms with E-state index in [0.717, 1.165) is 29.6 Å². The Balaban J connectivity index is 1.88. The lowest BCUT2D eigenvalue weighted by atomic mass is 10.0. The predicted octanol–water partition coefficient (Wildman–Crippen LogP) is 2.29. The monoisotopic (exact) mass is 231 g/mol. The van der Waals surface area contributed by atoms with Gasteiger partial charge in [0.05, 0.1) is 6.20 Å². The molecule has 0 saturated heterocycles. The minimum atomic E-state index is 0.786. The molecule has 82 valence electrons. The van der Waals surface area contributed by atoms with E-state index in [-0.39, 0.29) is 0 Å². The molecule has 1 aliphatic heterocycles. The zero-order valence-corrected chi connectivity index (χ0v) is 9.70. The number of rotatable bonds is 1. The fourth-order valence-electron chi connectivity index (χ4n) is 2.08. The number of anilines is 2. The van der Waals surface area contributed by atoms with Crippen molar-refractivity contribution in [2.75, 3.05) is 17.2 Å². The molecule has 2 heterocycles. The normalized spacial score (nSPS) is 14.9. The van der Waals surface area contributed by atoms with Crippen molar-refractivity contribution in [2.45, 2.75) is 13.0 Å². The second kappa shape index (κ2) is 3.79. The molecule has 1 aliphatic rings. The first-order chi connectivity index (χ1) is 7.83. The van der Waals surface area contributed by atoms with Crippen molar-refractivity contribution in [2.24, 2.45) is 0 Å². The van der Waals surface area contributed by atoms with Gasteiger partial charge in [0.1, 0.15) is 5.00 Å². The van der Waals surface area contributed by atoms with Crippen LogP contribution in [0.1, 0.15) is 11.1 Å². The lowest BCUT2D eigenvalue weighted by Crippen LogP contribution is -2.30. The van der Waals surface area contributed by atoms with Gasteiger partial charge in [-0.1, -0.05) is 35.6 Å². The lowest BCUT2D eigenvalue weighted by molar-refractivity contribution is 0.729. The van der Waals surface area contributed by atoms with Crippen LogP contribution in [0.4, 0.5) is 10.1 Å². The van der Waals surface area contributed by atoms with E-state index in [1.165, 1.54) is 11.1 Å². The van der Waals surface area contributed by atoms with E-state index in [0.29, 0.717) is 0 Å². The summed E-state index contributed by atoms with van der Waals surface area (Å²) in [7, 11) is 0. The highest BCUT2D eigenvalue weighted by molar-refractivity contribution is 7.19. The molecule has 2 N–H and O–H groups in total. The molecule has 2 aromatic rings.